The van der Waals surface area contributed by atoms with Crippen LogP contribution in [-0.4, -0.2) is 27.0 Å². The molecule has 0 fully saturated rings. The molecular weight excluding hydrogens is 228 g/mol. The number of thiol groups is 1. The van der Waals surface area contributed by atoms with E-state index in [1.54, 1.807) is 0 Å². The van der Waals surface area contributed by atoms with Gasteiger partial charge in [0.2, 0.25) is 0 Å². The molecule has 0 saturated carbocycles. The molecular formula is C10H24O3SSi. The fourth-order valence-electron chi connectivity index (χ4n) is 1.54. The lowest BCUT2D eigenvalue weighted by Gasteiger charge is -2.34. The Balaban J connectivity index is 4.37. The molecule has 0 rings (SSSR count). The van der Waals surface area contributed by atoms with Crippen molar-refractivity contribution < 1.29 is 13.3 Å². The lowest BCUT2D eigenvalue weighted by atomic mass is 10.2. The van der Waals surface area contributed by atoms with Crippen LogP contribution in [0.5, 0.6) is 0 Å². The molecule has 1 unspecified atom stereocenters. The third kappa shape index (κ3) is 6.58. The minimum atomic E-state index is -2.50. The lowest BCUT2D eigenvalue weighted by Crippen LogP contribution is -2.48. The van der Waals surface area contributed by atoms with Crippen LogP contribution in [0.1, 0.15) is 40.5 Å². The van der Waals surface area contributed by atoms with Crippen LogP contribution >= 0.6 is 12.6 Å². The SMILES string of the molecule is CCCC(C)(S)O[Si](C)(OCC)OCC. The highest BCUT2D eigenvalue weighted by Gasteiger charge is 2.40. The quantitative estimate of drug-likeness (QED) is 0.409. The Morgan fingerprint density at radius 2 is 1.60 bits per heavy atom. The fraction of sp³-hybridized carbons (Fsp3) is 1.00. The molecule has 0 aliphatic rings. The van der Waals surface area contributed by atoms with Crippen LogP contribution in [0.2, 0.25) is 6.55 Å². The van der Waals surface area contributed by atoms with Gasteiger partial charge in [-0.2, -0.15) is 0 Å². The molecule has 0 radical (unpaired) electrons. The minimum absolute atomic E-state index is 0.458. The highest BCUT2D eigenvalue weighted by atomic mass is 32.1. The standard InChI is InChI=1S/C10H24O3SSi/c1-6-9-10(4,14)13-15(5,11-7-2)12-8-3/h14H,6-9H2,1-5H3. The molecule has 0 saturated heterocycles. The molecule has 0 aliphatic heterocycles. The first-order valence-corrected chi connectivity index (χ1v) is 8.26. The van der Waals surface area contributed by atoms with Gasteiger partial charge in [0.1, 0.15) is 4.93 Å². The summed E-state index contributed by atoms with van der Waals surface area (Å²) in [4.78, 5) is -0.458. The third-order valence-electron chi connectivity index (χ3n) is 1.93. The fourth-order valence-corrected chi connectivity index (χ4v) is 4.41. The summed E-state index contributed by atoms with van der Waals surface area (Å²) >= 11 is 4.50. The number of rotatable bonds is 8. The molecule has 3 nitrogen and oxygen atoms in total. The van der Waals surface area contributed by atoms with Gasteiger partial charge in [-0.25, -0.2) is 0 Å². The Bertz CT molecular complexity index is 170. The van der Waals surface area contributed by atoms with Gasteiger partial charge in [0.15, 0.2) is 0 Å². The molecule has 92 valence electrons. The van der Waals surface area contributed by atoms with E-state index in [0.29, 0.717) is 13.2 Å². The molecule has 0 amide bonds. The molecule has 0 spiro atoms. The first-order valence-electron chi connectivity index (χ1n) is 5.59. The van der Waals surface area contributed by atoms with E-state index in [1.807, 2.05) is 27.3 Å². The smallest absolute Gasteiger partial charge is 0.374 e. The number of hydrogen-bond acceptors (Lipinski definition) is 4. The zero-order valence-electron chi connectivity index (χ0n) is 10.5. The van der Waals surface area contributed by atoms with Crippen molar-refractivity contribution in [1.82, 2.24) is 0 Å². The van der Waals surface area contributed by atoms with Crippen molar-refractivity contribution in [3.63, 3.8) is 0 Å². The van der Waals surface area contributed by atoms with E-state index >= 15 is 0 Å². The second-order valence-electron chi connectivity index (χ2n) is 3.76. The van der Waals surface area contributed by atoms with Crippen LogP contribution in [0.4, 0.5) is 0 Å². The topological polar surface area (TPSA) is 27.7 Å². The van der Waals surface area contributed by atoms with E-state index in [9.17, 15) is 0 Å². The van der Waals surface area contributed by atoms with E-state index in [1.165, 1.54) is 0 Å². The van der Waals surface area contributed by atoms with Gasteiger partial charge < -0.3 is 13.3 Å². The average Bonchev–Trinajstić information content (AvgIpc) is 2.02. The molecule has 5 heteroatoms. The van der Waals surface area contributed by atoms with E-state index in [2.05, 4.69) is 19.6 Å². The van der Waals surface area contributed by atoms with Crippen LogP contribution < -0.4 is 0 Å². The molecule has 0 aromatic heterocycles. The van der Waals surface area contributed by atoms with Crippen molar-refractivity contribution in [2.45, 2.75) is 52.0 Å². The Labute approximate surface area is 100 Å². The van der Waals surface area contributed by atoms with E-state index in [-0.39, 0.29) is 0 Å². The zero-order valence-corrected chi connectivity index (χ0v) is 12.4. The predicted molar refractivity (Wildman–Crippen MR) is 68.3 cm³/mol. The van der Waals surface area contributed by atoms with Gasteiger partial charge in [0, 0.05) is 19.8 Å². The van der Waals surface area contributed by atoms with Crippen molar-refractivity contribution >= 4 is 21.4 Å². The van der Waals surface area contributed by atoms with E-state index in [0.717, 1.165) is 12.8 Å². The summed E-state index contributed by atoms with van der Waals surface area (Å²) in [5, 5.41) is 0. The first kappa shape index (κ1) is 15.4. The maximum atomic E-state index is 5.91. The monoisotopic (exact) mass is 252 g/mol. The Morgan fingerprint density at radius 3 is 1.93 bits per heavy atom. The summed E-state index contributed by atoms with van der Waals surface area (Å²) < 4.78 is 17.1. The second-order valence-corrected chi connectivity index (χ2v) is 7.21. The van der Waals surface area contributed by atoms with E-state index < -0.39 is 13.7 Å². The van der Waals surface area contributed by atoms with Gasteiger partial charge >= 0.3 is 8.80 Å². The first-order chi connectivity index (χ1) is 6.89. The summed E-state index contributed by atoms with van der Waals surface area (Å²) in [6, 6.07) is 0. The second kappa shape index (κ2) is 6.91. The van der Waals surface area contributed by atoms with Gasteiger partial charge in [0.05, 0.1) is 0 Å². The van der Waals surface area contributed by atoms with Gasteiger partial charge in [0.25, 0.3) is 0 Å². The molecule has 0 bridgehead atoms. The average molecular weight is 252 g/mol. The van der Waals surface area contributed by atoms with Crippen molar-refractivity contribution in [3.8, 4) is 0 Å². The lowest BCUT2D eigenvalue weighted by molar-refractivity contribution is 0.0274. The maximum absolute atomic E-state index is 5.91. The van der Waals surface area contributed by atoms with Gasteiger partial charge in [-0.05, 0) is 27.2 Å². The van der Waals surface area contributed by atoms with Crippen molar-refractivity contribution in [2.75, 3.05) is 13.2 Å². The summed E-state index contributed by atoms with van der Waals surface area (Å²) in [5.74, 6) is 0. The molecule has 0 N–H and O–H groups in total. The van der Waals surface area contributed by atoms with Gasteiger partial charge in [-0.3, -0.25) is 0 Å². The van der Waals surface area contributed by atoms with E-state index in [4.69, 9.17) is 13.3 Å². The highest BCUT2D eigenvalue weighted by molar-refractivity contribution is 7.81. The summed E-state index contributed by atoms with van der Waals surface area (Å²) in [6.45, 7) is 11.1. The van der Waals surface area contributed by atoms with Crippen LogP contribution in [0.3, 0.4) is 0 Å². The summed E-state index contributed by atoms with van der Waals surface area (Å²) in [7, 11) is -2.50. The van der Waals surface area contributed by atoms with Crippen LogP contribution in [0, 0.1) is 0 Å². The molecule has 0 aromatic rings. The zero-order chi connectivity index (χ0) is 11.9. The van der Waals surface area contributed by atoms with Crippen molar-refractivity contribution in [2.24, 2.45) is 0 Å². The Morgan fingerprint density at radius 1 is 1.13 bits per heavy atom. The summed E-state index contributed by atoms with van der Waals surface area (Å²) in [5.41, 5.74) is 0. The molecule has 0 aliphatic carbocycles. The van der Waals surface area contributed by atoms with Crippen molar-refractivity contribution in [3.05, 3.63) is 0 Å². The van der Waals surface area contributed by atoms with Crippen LogP contribution in [-0.2, 0) is 13.3 Å². The molecule has 0 aromatic carbocycles. The molecule has 1 atom stereocenters. The van der Waals surface area contributed by atoms with Crippen molar-refractivity contribution in [1.29, 1.82) is 0 Å². The highest BCUT2D eigenvalue weighted by Crippen LogP contribution is 2.27. The normalized spacial score (nSPS) is 16.4. The Hall–Kier alpha value is 0.447. The largest absolute Gasteiger partial charge is 0.498 e. The van der Waals surface area contributed by atoms with Gasteiger partial charge in [-0.1, -0.05) is 13.3 Å². The third-order valence-corrected chi connectivity index (χ3v) is 4.87. The molecule has 15 heavy (non-hydrogen) atoms. The Kier molecular flexibility index (Phi) is 7.11. The summed E-state index contributed by atoms with van der Waals surface area (Å²) in [6.07, 6.45) is 1.92. The maximum Gasteiger partial charge on any atom is 0.498 e. The number of hydrogen-bond donors (Lipinski definition) is 1. The molecule has 0 heterocycles. The van der Waals surface area contributed by atoms with Crippen LogP contribution in [0.15, 0.2) is 0 Å². The minimum Gasteiger partial charge on any atom is -0.374 e. The predicted octanol–water partition coefficient (Wildman–Crippen LogP) is 3.09. The van der Waals surface area contributed by atoms with Gasteiger partial charge in [-0.15, -0.1) is 12.6 Å². The van der Waals surface area contributed by atoms with Crippen LogP contribution in [0.25, 0.3) is 0 Å².